The molecule has 0 amide bonds. The molecule has 2 aromatic rings. The zero-order valence-electron chi connectivity index (χ0n) is 8.71. The van der Waals surface area contributed by atoms with Crippen LogP contribution in [0.5, 0.6) is 0 Å². The molecule has 88 valence electrons. The summed E-state index contributed by atoms with van der Waals surface area (Å²) in [5, 5.41) is 0.212. The molecule has 6 heteroatoms. The number of hydrogen-bond donors (Lipinski definition) is 1. The lowest BCUT2D eigenvalue weighted by atomic mass is 10.1. The molecule has 0 saturated carbocycles. The summed E-state index contributed by atoms with van der Waals surface area (Å²) in [6, 6.07) is 2.91. The predicted octanol–water partition coefficient (Wildman–Crippen LogP) is 1.59. The predicted molar refractivity (Wildman–Crippen MR) is 55.8 cm³/mol. The van der Waals surface area contributed by atoms with Gasteiger partial charge in [-0.25, -0.2) is 13.6 Å². The number of carbonyl (C=O) groups is 1. The second-order valence-corrected chi connectivity index (χ2v) is 3.36. The standard InChI is InChI=1S/C11H7F2NO3/c1-17-11(16)6-2-5-3-7(12)8(13)4-9(5)14-10(6)15/h2-4H,1H3,(H,14,15). The van der Waals surface area contributed by atoms with Gasteiger partial charge in [-0.05, 0) is 12.1 Å². The third-order valence-corrected chi connectivity index (χ3v) is 2.29. The molecule has 0 aliphatic rings. The number of ether oxygens (including phenoxy) is 1. The maximum absolute atomic E-state index is 13.0. The Morgan fingerprint density at radius 3 is 2.53 bits per heavy atom. The SMILES string of the molecule is COC(=O)c1cc2cc(F)c(F)cc2[nH]c1=O. The largest absolute Gasteiger partial charge is 0.465 e. The molecule has 0 unspecified atom stereocenters. The summed E-state index contributed by atoms with van der Waals surface area (Å²) in [5.74, 6) is -2.96. The number of nitrogens with one attached hydrogen (secondary N) is 1. The van der Waals surface area contributed by atoms with E-state index in [0.717, 1.165) is 25.3 Å². The molecule has 0 atom stereocenters. The Morgan fingerprint density at radius 2 is 1.88 bits per heavy atom. The Kier molecular flexibility index (Phi) is 2.63. The van der Waals surface area contributed by atoms with Crippen molar-refractivity contribution in [1.29, 1.82) is 0 Å². The van der Waals surface area contributed by atoms with Gasteiger partial charge in [-0.2, -0.15) is 0 Å². The number of halogens is 2. The van der Waals surface area contributed by atoms with Gasteiger partial charge in [-0.15, -0.1) is 0 Å². The van der Waals surface area contributed by atoms with Gasteiger partial charge in [0, 0.05) is 11.5 Å². The second kappa shape index (κ2) is 3.97. The fraction of sp³-hybridized carbons (Fsp3) is 0.0909. The van der Waals surface area contributed by atoms with Crippen molar-refractivity contribution in [3.8, 4) is 0 Å². The van der Waals surface area contributed by atoms with Crippen molar-refractivity contribution < 1.29 is 18.3 Å². The topological polar surface area (TPSA) is 59.2 Å². The van der Waals surface area contributed by atoms with Crippen molar-refractivity contribution >= 4 is 16.9 Å². The molecule has 0 spiro atoms. The number of fused-ring (bicyclic) bond motifs is 1. The Hall–Kier alpha value is -2.24. The number of hydrogen-bond acceptors (Lipinski definition) is 3. The molecule has 1 aromatic carbocycles. The molecule has 0 aliphatic heterocycles. The molecule has 1 N–H and O–H groups in total. The lowest BCUT2D eigenvalue weighted by molar-refractivity contribution is 0.0599. The number of esters is 1. The summed E-state index contributed by atoms with van der Waals surface area (Å²) in [6.45, 7) is 0. The van der Waals surface area contributed by atoms with Crippen LogP contribution in [0.4, 0.5) is 8.78 Å². The van der Waals surface area contributed by atoms with Crippen LogP contribution in [0.1, 0.15) is 10.4 Å². The summed E-state index contributed by atoms with van der Waals surface area (Å²) in [6.07, 6.45) is 0. The molecule has 0 aliphatic carbocycles. The van der Waals surface area contributed by atoms with Gasteiger partial charge in [0.2, 0.25) is 0 Å². The van der Waals surface area contributed by atoms with Crippen molar-refractivity contribution in [1.82, 2.24) is 4.98 Å². The van der Waals surface area contributed by atoms with E-state index in [9.17, 15) is 18.4 Å². The van der Waals surface area contributed by atoms with E-state index in [1.54, 1.807) is 0 Å². The van der Waals surface area contributed by atoms with Gasteiger partial charge >= 0.3 is 5.97 Å². The van der Waals surface area contributed by atoms with E-state index in [0.29, 0.717) is 0 Å². The second-order valence-electron chi connectivity index (χ2n) is 3.36. The van der Waals surface area contributed by atoms with Gasteiger partial charge in [0.1, 0.15) is 5.56 Å². The van der Waals surface area contributed by atoms with Crippen molar-refractivity contribution in [2.45, 2.75) is 0 Å². The van der Waals surface area contributed by atoms with E-state index in [1.165, 1.54) is 0 Å². The molecule has 4 nitrogen and oxygen atoms in total. The number of aromatic nitrogens is 1. The normalized spacial score (nSPS) is 10.5. The van der Waals surface area contributed by atoms with Crippen molar-refractivity contribution in [2.24, 2.45) is 0 Å². The highest BCUT2D eigenvalue weighted by Gasteiger charge is 2.13. The third kappa shape index (κ3) is 1.89. The summed E-state index contributed by atoms with van der Waals surface area (Å²) in [7, 11) is 1.12. The molecule has 0 radical (unpaired) electrons. The first-order chi connectivity index (χ1) is 8.02. The molecular weight excluding hydrogens is 232 g/mol. The minimum absolute atomic E-state index is 0.113. The fourth-order valence-corrected chi connectivity index (χ4v) is 1.46. The summed E-state index contributed by atoms with van der Waals surface area (Å²) in [4.78, 5) is 25.0. The highest BCUT2D eigenvalue weighted by Crippen LogP contribution is 2.16. The van der Waals surface area contributed by atoms with Gasteiger partial charge in [0.15, 0.2) is 11.6 Å². The van der Waals surface area contributed by atoms with E-state index < -0.39 is 23.2 Å². The van der Waals surface area contributed by atoms with E-state index in [2.05, 4.69) is 9.72 Å². The molecule has 0 saturated heterocycles. The molecule has 0 bridgehead atoms. The van der Waals surface area contributed by atoms with E-state index >= 15 is 0 Å². The van der Waals surface area contributed by atoms with Crippen LogP contribution < -0.4 is 5.56 Å². The third-order valence-electron chi connectivity index (χ3n) is 2.29. The van der Waals surface area contributed by atoms with E-state index in [1.807, 2.05) is 0 Å². The van der Waals surface area contributed by atoms with Crippen LogP contribution in [-0.2, 0) is 4.74 Å². The zero-order chi connectivity index (χ0) is 12.6. The molecule has 1 heterocycles. The Morgan fingerprint density at radius 1 is 1.24 bits per heavy atom. The fourth-order valence-electron chi connectivity index (χ4n) is 1.46. The van der Waals surface area contributed by atoms with Gasteiger partial charge < -0.3 is 9.72 Å². The maximum Gasteiger partial charge on any atom is 0.343 e. The number of methoxy groups -OCH3 is 1. The van der Waals surface area contributed by atoms with Crippen LogP contribution in [0.25, 0.3) is 10.9 Å². The van der Waals surface area contributed by atoms with Crippen molar-refractivity contribution in [3.05, 3.63) is 45.8 Å². The van der Waals surface area contributed by atoms with Crippen LogP contribution in [0.3, 0.4) is 0 Å². The van der Waals surface area contributed by atoms with Crippen molar-refractivity contribution in [2.75, 3.05) is 7.11 Å². The maximum atomic E-state index is 13.0. The van der Waals surface area contributed by atoms with E-state index in [-0.39, 0.29) is 16.5 Å². The Balaban J connectivity index is 2.76. The van der Waals surface area contributed by atoms with Gasteiger partial charge in [0.05, 0.1) is 12.6 Å². The average Bonchev–Trinajstić information content (AvgIpc) is 2.30. The number of carbonyl (C=O) groups excluding carboxylic acids is 1. The number of aromatic amines is 1. The number of pyridine rings is 1. The summed E-state index contributed by atoms with van der Waals surface area (Å²) in [5.41, 5.74) is -0.858. The number of rotatable bonds is 1. The van der Waals surface area contributed by atoms with Crippen LogP contribution in [0.2, 0.25) is 0 Å². The lowest BCUT2D eigenvalue weighted by Crippen LogP contribution is -2.18. The zero-order valence-corrected chi connectivity index (χ0v) is 8.71. The minimum Gasteiger partial charge on any atom is -0.465 e. The molecule has 1 aromatic heterocycles. The summed E-state index contributed by atoms with van der Waals surface area (Å²) < 4.78 is 30.3. The monoisotopic (exact) mass is 239 g/mol. The molecule has 17 heavy (non-hydrogen) atoms. The Labute approximate surface area is 93.8 Å². The lowest BCUT2D eigenvalue weighted by Gasteiger charge is -2.02. The minimum atomic E-state index is -1.07. The van der Waals surface area contributed by atoms with Gasteiger partial charge in [-0.1, -0.05) is 0 Å². The van der Waals surface area contributed by atoms with Crippen molar-refractivity contribution in [3.63, 3.8) is 0 Å². The summed E-state index contributed by atoms with van der Waals surface area (Å²) >= 11 is 0. The smallest absolute Gasteiger partial charge is 0.343 e. The molecule has 0 fully saturated rings. The van der Waals surface area contributed by atoms with Crippen LogP contribution in [-0.4, -0.2) is 18.1 Å². The first kappa shape index (κ1) is 11.3. The van der Waals surface area contributed by atoms with Gasteiger partial charge in [0.25, 0.3) is 5.56 Å². The number of H-pyrrole nitrogens is 1. The average molecular weight is 239 g/mol. The molecule has 2 rings (SSSR count). The van der Waals surface area contributed by atoms with Crippen LogP contribution >= 0.6 is 0 Å². The van der Waals surface area contributed by atoms with Gasteiger partial charge in [-0.3, -0.25) is 4.79 Å². The van der Waals surface area contributed by atoms with Crippen LogP contribution in [0.15, 0.2) is 23.0 Å². The number of benzene rings is 1. The quantitative estimate of drug-likeness (QED) is 0.769. The first-order valence-electron chi connectivity index (χ1n) is 4.63. The van der Waals surface area contributed by atoms with Crippen LogP contribution in [0, 0.1) is 11.6 Å². The highest BCUT2D eigenvalue weighted by molar-refractivity contribution is 5.93. The highest BCUT2D eigenvalue weighted by atomic mass is 19.2. The Bertz CT molecular complexity index is 664. The first-order valence-corrected chi connectivity index (χ1v) is 4.63. The van der Waals surface area contributed by atoms with E-state index in [4.69, 9.17) is 0 Å². The molecular formula is C11H7F2NO3.